The fourth-order valence-corrected chi connectivity index (χ4v) is 1.73. The van der Waals surface area contributed by atoms with E-state index in [1.807, 2.05) is 0 Å². The molecule has 0 radical (unpaired) electrons. The summed E-state index contributed by atoms with van der Waals surface area (Å²) in [7, 11) is 0. The smallest absolute Gasteiger partial charge is 0.343 e. The molecular weight excluding hydrogens is 293 g/mol. The van der Waals surface area contributed by atoms with Crippen LogP contribution in [0.25, 0.3) is 0 Å². The van der Waals surface area contributed by atoms with Crippen molar-refractivity contribution < 1.29 is 14.1 Å². The Labute approximate surface area is 124 Å². The van der Waals surface area contributed by atoms with Gasteiger partial charge in [0, 0.05) is 12.5 Å². The largest absolute Gasteiger partial charge is 0.358 e. The number of benzene rings is 1. The molecule has 1 amide bonds. The first-order valence-corrected chi connectivity index (χ1v) is 6.22. The second kappa shape index (κ2) is 6.57. The predicted octanol–water partition coefficient (Wildman–Crippen LogP) is 1.39. The van der Waals surface area contributed by atoms with Crippen LogP contribution in [-0.4, -0.2) is 26.6 Å². The Kier molecular flexibility index (Phi) is 4.57. The molecule has 1 aromatic carbocycles. The summed E-state index contributed by atoms with van der Waals surface area (Å²) < 4.78 is 14.5. The summed E-state index contributed by atoms with van der Waals surface area (Å²) in [5.74, 6) is -1.01. The number of nitrogens with one attached hydrogen (secondary N) is 1. The molecule has 0 aliphatic rings. The van der Waals surface area contributed by atoms with Crippen molar-refractivity contribution in [1.82, 2.24) is 15.0 Å². The highest BCUT2D eigenvalue weighted by molar-refractivity contribution is 5.82. The van der Waals surface area contributed by atoms with Crippen LogP contribution >= 0.6 is 0 Å². The highest BCUT2D eigenvalue weighted by Gasteiger charge is 2.19. The molecule has 9 heteroatoms. The lowest BCUT2D eigenvalue weighted by atomic mass is 10.2. The first-order chi connectivity index (χ1) is 10.5. The topological polar surface area (TPSA) is 102 Å². The number of amides is 1. The van der Waals surface area contributed by atoms with Gasteiger partial charge in [-0.05, 0) is 11.0 Å². The lowest BCUT2D eigenvalue weighted by molar-refractivity contribution is -0.392. The SMILES string of the molecule is Cc1ncc([N+](=O)[O-])n1CC(=O)N/N=C/c1ccccc1F. The van der Waals surface area contributed by atoms with Gasteiger partial charge < -0.3 is 10.1 Å². The molecular formula is C13H12FN5O3. The van der Waals surface area contributed by atoms with Crippen LogP contribution < -0.4 is 5.43 Å². The van der Waals surface area contributed by atoms with Gasteiger partial charge in [-0.3, -0.25) is 4.79 Å². The van der Waals surface area contributed by atoms with Gasteiger partial charge in [0.25, 0.3) is 5.91 Å². The van der Waals surface area contributed by atoms with Crippen LogP contribution in [0.2, 0.25) is 0 Å². The van der Waals surface area contributed by atoms with E-state index in [4.69, 9.17) is 0 Å². The number of imidazole rings is 1. The van der Waals surface area contributed by atoms with Crippen LogP contribution in [0.3, 0.4) is 0 Å². The number of rotatable bonds is 5. The van der Waals surface area contributed by atoms with Gasteiger partial charge in [0.15, 0.2) is 12.4 Å². The van der Waals surface area contributed by atoms with Crippen molar-refractivity contribution in [2.24, 2.45) is 5.10 Å². The van der Waals surface area contributed by atoms with Crippen LogP contribution in [0.1, 0.15) is 11.4 Å². The van der Waals surface area contributed by atoms with Gasteiger partial charge in [-0.15, -0.1) is 0 Å². The number of aryl methyl sites for hydroxylation is 1. The number of hydrazone groups is 1. The predicted molar refractivity (Wildman–Crippen MR) is 75.8 cm³/mol. The molecule has 1 aromatic heterocycles. The molecule has 2 rings (SSSR count). The van der Waals surface area contributed by atoms with E-state index in [0.29, 0.717) is 5.82 Å². The van der Waals surface area contributed by atoms with E-state index in [1.54, 1.807) is 13.0 Å². The lowest BCUT2D eigenvalue weighted by Gasteiger charge is -2.02. The highest BCUT2D eigenvalue weighted by Crippen LogP contribution is 2.12. The Morgan fingerprint density at radius 1 is 1.55 bits per heavy atom. The van der Waals surface area contributed by atoms with E-state index >= 15 is 0 Å². The van der Waals surface area contributed by atoms with Crippen molar-refractivity contribution >= 4 is 17.9 Å². The third-order valence-electron chi connectivity index (χ3n) is 2.82. The molecule has 0 saturated heterocycles. The van der Waals surface area contributed by atoms with Crippen molar-refractivity contribution in [2.45, 2.75) is 13.5 Å². The maximum Gasteiger partial charge on any atom is 0.343 e. The summed E-state index contributed by atoms with van der Waals surface area (Å²) in [5.41, 5.74) is 2.40. The van der Waals surface area contributed by atoms with E-state index in [1.165, 1.54) is 18.2 Å². The fraction of sp³-hybridized carbons (Fsp3) is 0.154. The number of hydrogen-bond acceptors (Lipinski definition) is 5. The maximum atomic E-state index is 13.3. The van der Waals surface area contributed by atoms with Gasteiger partial charge in [-0.2, -0.15) is 5.10 Å². The van der Waals surface area contributed by atoms with Gasteiger partial charge in [0.2, 0.25) is 0 Å². The van der Waals surface area contributed by atoms with Crippen molar-refractivity contribution in [1.29, 1.82) is 0 Å². The standard InChI is InChI=1S/C13H12FN5O3/c1-9-15-7-13(19(21)22)18(9)8-12(20)17-16-6-10-4-2-3-5-11(10)14/h2-7H,8H2,1H3,(H,17,20)/b16-6+. The highest BCUT2D eigenvalue weighted by atomic mass is 19.1. The Balaban J connectivity index is 2.01. The zero-order valence-corrected chi connectivity index (χ0v) is 11.6. The first kappa shape index (κ1) is 15.3. The van der Waals surface area contributed by atoms with Crippen molar-refractivity contribution in [3.05, 3.63) is 57.8 Å². The Morgan fingerprint density at radius 3 is 2.95 bits per heavy atom. The van der Waals surface area contributed by atoms with Crippen LogP contribution in [0.4, 0.5) is 10.2 Å². The molecule has 114 valence electrons. The molecule has 0 fully saturated rings. The number of hydrogen-bond donors (Lipinski definition) is 1. The first-order valence-electron chi connectivity index (χ1n) is 6.22. The van der Waals surface area contributed by atoms with Gasteiger partial charge in [-0.1, -0.05) is 18.2 Å². The molecule has 0 aliphatic heterocycles. The second-order valence-electron chi connectivity index (χ2n) is 4.32. The molecule has 8 nitrogen and oxygen atoms in total. The van der Waals surface area contributed by atoms with E-state index in [0.717, 1.165) is 17.0 Å². The quantitative estimate of drug-likeness (QED) is 0.512. The molecule has 1 heterocycles. The molecule has 0 spiro atoms. The van der Waals surface area contributed by atoms with E-state index in [-0.39, 0.29) is 17.9 Å². The van der Waals surface area contributed by atoms with Crippen molar-refractivity contribution in [3.63, 3.8) is 0 Å². The normalized spacial score (nSPS) is 10.8. The minimum absolute atomic E-state index is 0.215. The van der Waals surface area contributed by atoms with E-state index in [9.17, 15) is 19.3 Å². The molecule has 2 aromatic rings. The Morgan fingerprint density at radius 2 is 2.27 bits per heavy atom. The van der Waals surface area contributed by atoms with Gasteiger partial charge >= 0.3 is 5.82 Å². The number of halogens is 1. The van der Waals surface area contributed by atoms with Crippen LogP contribution in [0, 0.1) is 22.9 Å². The minimum atomic E-state index is -0.629. The lowest BCUT2D eigenvalue weighted by Crippen LogP contribution is -2.24. The molecule has 0 saturated carbocycles. The van der Waals surface area contributed by atoms with Crippen molar-refractivity contribution in [2.75, 3.05) is 0 Å². The third-order valence-corrected chi connectivity index (χ3v) is 2.82. The zero-order valence-electron chi connectivity index (χ0n) is 11.6. The zero-order chi connectivity index (χ0) is 16.1. The van der Waals surface area contributed by atoms with Crippen LogP contribution in [0.15, 0.2) is 35.6 Å². The van der Waals surface area contributed by atoms with E-state index in [2.05, 4.69) is 15.5 Å². The third kappa shape index (κ3) is 3.51. The average Bonchev–Trinajstić information content (AvgIpc) is 2.82. The minimum Gasteiger partial charge on any atom is -0.358 e. The number of nitrogens with zero attached hydrogens (tertiary/aromatic N) is 4. The number of aromatic nitrogens is 2. The summed E-state index contributed by atoms with van der Waals surface area (Å²) in [6.45, 7) is 1.24. The summed E-state index contributed by atoms with van der Waals surface area (Å²) in [6.07, 6.45) is 2.23. The van der Waals surface area contributed by atoms with Gasteiger partial charge in [0.1, 0.15) is 12.0 Å². The molecule has 0 bridgehead atoms. The molecule has 0 atom stereocenters. The summed E-state index contributed by atoms with van der Waals surface area (Å²) in [6, 6.07) is 5.92. The van der Waals surface area contributed by atoms with Gasteiger partial charge in [-0.25, -0.2) is 19.4 Å². The summed E-state index contributed by atoms with van der Waals surface area (Å²) in [5, 5.41) is 14.4. The number of nitro groups is 1. The number of carbonyl (C=O) groups is 1. The molecule has 0 aliphatic carbocycles. The second-order valence-corrected chi connectivity index (χ2v) is 4.32. The summed E-state index contributed by atoms with van der Waals surface area (Å²) in [4.78, 5) is 25.7. The number of carbonyl (C=O) groups excluding carboxylic acids is 1. The van der Waals surface area contributed by atoms with Crippen LogP contribution in [0.5, 0.6) is 0 Å². The van der Waals surface area contributed by atoms with Gasteiger partial charge in [0.05, 0.1) is 6.21 Å². The summed E-state index contributed by atoms with van der Waals surface area (Å²) >= 11 is 0. The molecule has 22 heavy (non-hydrogen) atoms. The molecule has 0 unspecified atom stereocenters. The molecule has 1 N–H and O–H groups in total. The maximum absolute atomic E-state index is 13.3. The fourth-order valence-electron chi connectivity index (χ4n) is 1.73. The van der Waals surface area contributed by atoms with Crippen LogP contribution in [-0.2, 0) is 11.3 Å². The van der Waals surface area contributed by atoms with Crippen molar-refractivity contribution in [3.8, 4) is 0 Å². The Hall–Kier alpha value is -3.10. The monoisotopic (exact) mass is 305 g/mol. The Bertz CT molecular complexity index is 741. The van der Waals surface area contributed by atoms with E-state index < -0.39 is 16.6 Å². The average molecular weight is 305 g/mol.